The van der Waals surface area contributed by atoms with Crippen LogP contribution in [0.25, 0.3) is 0 Å². The largest absolute Gasteiger partial charge is 0.394 e. The van der Waals surface area contributed by atoms with E-state index in [2.05, 4.69) is 5.32 Å². The number of nitro groups is 1. The van der Waals surface area contributed by atoms with E-state index in [0.717, 1.165) is 6.42 Å². The van der Waals surface area contributed by atoms with Crippen molar-refractivity contribution in [3.05, 3.63) is 33.9 Å². The summed E-state index contributed by atoms with van der Waals surface area (Å²) in [6.45, 7) is 2.63. The molecule has 2 rings (SSSR count). The van der Waals surface area contributed by atoms with Crippen molar-refractivity contribution in [2.45, 2.75) is 19.4 Å². The zero-order chi connectivity index (χ0) is 15.6. The molecule has 0 spiro atoms. The van der Waals surface area contributed by atoms with E-state index in [1.807, 2.05) is 11.8 Å². The van der Waals surface area contributed by atoms with Gasteiger partial charge in [-0.25, -0.2) is 0 Å². The van der Waals surface area contributed by atoms with E-state index in [1.165, 1.54) is 13.1 Å². The summed E-state index contributed by atoms with van der Waals surface area (Å²) in [5, 5.41) is 23.3. The highest BCUT2D eigenvalue weighted by atomic mass is 16.6. The van der Waals surface area contributed by atoms with Crippen LogP contribution < -0.4 is 10.2 Å². The number of aliphatic hydroxyl groups excluding tert-OH is 1. The number of nitrogens with one attached hydrogen (secondary N) is 1. The minimum Gasteiger partial charge on any atom is -0.394 e. The standard InChI is InChI=1S/C14H19N3O4/c1-9-5-6-16(13(9)8-18)11-4-3-10(14(19)15-2)7-12(11)17(20)21/h3-4,7,9,13,18H,5-6,8H2,1-2H3,(H,15,19). The quantitative estimate of drug-likeness (QED) is 0.641. The summed E-state index contributed by atoms with van der Waals surface area (Å²) in [5.41, 5.74) is 0.598. The number of aliphatic hydroxyl groups is 1. The molecule has 1 fully saturated rings. The zero-order valence-corrected chi connectivity index (χ0v) is 12.1. The lowest BCUT2D eigenvalue weighted by molar-refractivity contribution is -0.384. The van der Waals surface area contributed by atoms with Crippen LogP contribution in [0, 0.1) is 16.0 Å². The summed E-state index contributed by atoms with van der Waals surface area (Å²) in [5.74, 6) is -0.0913. The van der Waals surface area contributed by atoms with E-state index >= 15 is 0 Å². The summed E-state index contributed by atoms with van der Waals surface area (Å²) in [7, 11) is 1.48. The Bertz CT molecular complexity index is 561. The van der Waals surface area contributed by atoms with Crippen LogP contribution >= 0.6 is 0 Å². The van der Waals surface area contributed by atoms with Crippen molar-refractivity contribution in [1.82, 2.24) is 5.32 Å². The van der Waals surface area contributed by atoms with Gasteiger partial charge in [0.2, 0.25) is 0 Å². The lowest BCUT2D eigenvalue weighted by Gasteiger charge is -2.27. The molecule has 1 aromatic carbocycles. The zero-order valence-electron chi connectivity index (χ0n) is 12.1. The van der Waals surface area contributed by atoms with Crippen molar-refractivity contribution in [1.29, 1.82) is 0 Å². The maximum Gasteiger partial charge on any atom is 0.293 e. The normalized spacial score (nSPS) is 21.4. The summed E-state index contributed by atoms with van der Waals surface area (Å²) in [6.07, 6.45) is 0.875. The van der Waals surface area contributed by atoms with Gasteiger partial charge >= 0.3 is 0 Å². The van der Waals surface area contributed by atoms with Crippen LogP contribution in [-0.4, -0.2) is 42.2 Å². The minimum absolute atomic E-state index is 0.0461. The van der Waals surface area contributed by atoms with E-state index in [0.29, 0.717) is 12.2 Å². The first kappa shape index (κ1) is 15.2. The van der Waals surface area contributed by atoms with Crippen molar-refractivity contribution in [2.24, 2.45) is 5.92 Å². The second-order valence-corrected chi connectivity index (χ2v) is 5.25. The number of rotatable bonds is 4. The van der Waals surface area contributed by atoms with Crippen molar-refractivity contribution >= 4 is 17.3 Å². The van der Waals surface area contributed by atoms with Crippen LogP contribution in [0.3, 0.4) is 0 Å². The van der Waals surface area contributed by atoms with E-state index < -0.39 is 4.92 Å². The third-order valence-electron chi connectivity index (χ3n) is 4.04. The first-order valence-electron chi connectivity index (χ1n) is 6.87. The summed E-state index contributed by atoms with van der Waals surface area (Å²) in [4.78, 5) is 24.3. The average Bonchev–Trinajstić information content (AvgIpc) is 2.86. The number of hydrogen-bond acceptors (Lipinski definition) is 5. The number of benzene rings is 1. The SMILES string of the molecule is CNC(=O)c1ccc(N2CCC(C)C2CO)c([N+](=O)[O-])c1. The van der Waals surface area contributed by atoms with Gasteiger partial charge in [0.05, 0.1) is 17.6 Å². The maximum absolute atomic E-state index is 11.6. The number of nitrogens with zero attached hydrogens (tertiary/aromatic N) is 2. The predicted octanol–water partition coefficient (Wildman–Crippen LogP) is 1.16. The number of anilines is 1. The number of amides is 1. The summed E-state index contributed by atoms with van der Waals surface area (Å²) < 4.78 is 0. The van der Waals surface area contributed by atoms with Gasteiger partial charge in [0.1, 0.15) is 5.69 Å². The number of carbonyl (C=O) groups excluding carboxylic acids is 1. The van der Waals surface area contributed by atoms with E-state index in [-0.39, 0.29) is 35.7 Å². The van der Waals surface area contributed by atoms with Crippen LogP contribution in [0.5, 0.6) is 0 Å². The molecule has 7 heteroatoms. The molecule has 1 aromatic rings. The Labute approximate surface area is 122 Å². The molecule has 1 amide bonds. The van der Waals surface area contributed by atoms with Crippen LogP contribution in [0.2, 0.25) is 0 Å². The molecule has 21 heavy (non-hydrogen) atoms. The van der Waals surface area contributed by atoms with Crippen molar-refractivity contribution < 1.29 is 14.8 Å². The monoisotopic (exact) mass is 293 g/mol. The Morgan fingerprint density at radius 1 is 1.57 bits per heavy atom. The molecule has 2 atom stereocenters. The first-order valence-corrected chi connectivity index (χ1v) is 6.87. The Morgan fingerprint density at radius 3 is 2.86 bits per heavy atom. The van der Waals surface area contributed by atoms with Crippen molar-refractivity contribution in [2.75, 3.05) is 25.1 Å². The number of carbonyl (C=O) groups is 1. The molecule has 1 aliphatic rings. The van der Waals surface area contributed by atoms with Crippen LogP contribution in [0.1, 0.15) is 23.7 Å². The van der Waals surface area contributed by atoms with Crippen LogP contribution in [0.4, 0.5) is 11.4 Å². The highest BCUT2D eigenvalue weighted by Crippen LogP contribution is 2.36. The molecule has 1 heterocycles. The Balaban J connectivity index is 2.44. The minimum atomic E-state index is -0.487. The van der Waals surface area contributed by atoms with Gasteiger partial charge in [0.25, 0.3) is 11.6 Å². The molecule has 0 aliphatic carbocycles. The highest BCUT2D eigenvalue weighted by Gasteiger charge is 2.34. The van der Waals surface area contributed by atoms with Gasteiger partial charge in [0.15, 0.2) is 0 Å². The lowest BCUT2D eigenvalue weighted by Crippen LogP contribution is -2.35. The third kappa shape index (κ3) is 2.82. The number of nitro benzene ring substituents is 1. The molecule has 1 saturated heterocycles. The molecule has 2 unspecified atom stereocenters. The Kier molecular flexibility index (Phi) is 4.42. The van der Waals surface area contributed by atoms with Crippen molar-refractivity contribution in [3.63, 3.8) is 0 Å². The van der Waals surface area contributed by atoms with E-state index in [1.54, 1.807) is 12.1 Å². The summed E-state index contributed by atoms with van der Waals surface area (Å²) >= 11 is 0. The van der Waals surface area contributed by atoms with Crippen LogP contribution in [0.15, 0.2) is 18.2 Å². The Morgan fingerprint density at radius 2 is 2.29 bits per heavy atom. The Hall–Kier alpha value is -2.15. The molecular weight excluding hydrogens is 274 g/mol. The van der Waals surface area contributed by atoms with Gasteiger partial charge in [-0.3, -0.25) is 14.9 Å². The fourth-order valence-corrected chi connectivity index (χ4v) is 2.78. The predicted molar refractivity (Wildman–Crippen MR) is 78.5 cm³/mol. The van der Waals surface area contributed by atoms with Gasteiger partial charge in [-0.2, -0.15) is 0 Å². The lowest BCUT2D eigenvalue weighted by atomic mass is 10.0. The van der Waals surface area contributed by atoms with Gasteiger partial charge in [-0.05, 0) is 24.5 Å². The smallest absolute Gasteiger partial charge is 0.293 e. The molecule has 0 aromatic heterocycles. The third-order valence-corrected chi connectivity index (χ3v) is 4.04. The number of hydrogen-bond donors (Lipinski definition) is 2. The van der Waals surface area contributed by atoms with Gasteiger partial charge in [0, 0.05) is 25.2 Å². The molecule has 7 nitrogen and oxygen atoms in total. The molecule has 2 N–H and O–H groups in total. The second-order valence-electron chi connectivity index (χ2n) is 5.25. The second kappa shape index (κ2) is 6.09. The molecule has 0 saturated carbocycles. The maximum atomic E-state index is 11.6. The van der Waals surface area contributed by atoms with E-state index in [9.17, 15) is 20.0 Å². The molecule has 0 bridgehead atoms. The van der Waals surface area contributed by atoms with Crippen molar-refractivity contribution in [3.8, 4) is 0 Å². The first-order chi connectivity index (χ1) is 9.99. The molecule has 0 radical (unpaired) electrons. The van der Waals surface area contributed by atoms with Gasteiger partial charge in [-0.1, -0.05) is 6.92 Å². The van der Waals surface area contributed by atoms with Gasteiger partial charge < -0.3 is 15.3 Å². The summed E-state index contributed by atoms with van der Waals surface area (Å²) in [6, 6.07) is 4.31. The van der Waals surface area contributed by atoms with E-state index in [4.69, 9.17) is 0 Å². The van der Waals surface area contributed by atoms with Crippen LogP contribution in [-0.2, 0) is 0 Å². The fourth-order valence-electron chi connectivity index (χ4n) is 2.78. The average molecular weight is 293 g/mol. The molecular formula is C14H19N3O4. The molecule has 1 aliphatic heterocycles. The topological polar surface area (TPSA) is 95.7 Å². The highest BCUT2D eigenvalue weighted by molar-refractivity contribution is 5.95. The molecule has 114 valence electrons. The fraction of sp³-hybridized carbons (Fsp3) is 0.500. The van der Waals surface area contributed by atoms with Gasteiger partial charge in [-0.15, -0.1) is 0 Å².